The van der Waals surface area contributed by atoms with E-state index in [2.05, 4.69) is 5.32 Å². The summed E-state index contributed by atoms with van der Waals surface area (Å²) in [5.41, 5.74) is 3.17. The molecule has 2 aromatic carbocycles. The number of methoxy groups -OCH3 is 1. The van der Waals surface area contributed by atoms with E-state index in [4.69, 9.17) is 21.1 Å². The van der Waals surface area contributed by atoms with Crippen molar-refractivity contribution in [3.63, 3.8) is 0 Å². The molecule has 0 spiro atoms. The lowest BCUT2D eigenvalue weighted by Crippen LogP contribution is -2.17. The van der Waals surface area contributed by atoms with Crippen molar-refractivity contribution in [2.75, 3.05) is 19.0 Å². The largest absolute Gasteiger partial charge is 0.497 e. The maximum absolute atomic E-state index is 13.1. The molecule has 2 atom stereocenters. The van der Waals surface area contributed by atoms with Crippen molar-refractivity contribution < 1.29 is 19.1 Å². The monoisotopic (exact) mass is 483 g/mol. The Bertz CT molecular complexity index is 1150. The molecular weight excluding hydrogens is 458 g/mol. The molecule has 1 aliphatic rings. The molecule has 1 aliphatic carbocycles. The molecule has 3 aromatic rings. The van der Waals surface area contributed by atoms with E-state index >= 15 is 0 Å². The molecule has 0 aliphatic heterocycles. The Hall–Kier alpha value is -2.83. The summed E-state index contributed by atoms with van der Waals surface area (Å²) >= 11 is 7.38. The number of carbonyl (C=O) groups excluding carboxylic acids is 2. The number of benzene rings is 2. The van der Waals surface area contributed by atoms with Gasteiger partial charge in [-0.1, -0.05) is 42.8 Å². The summed E-state index contributed by atoms with van der Waals surface area (Å²) in [6.45, 7) is 4.22. The summed E-state index contributed by atoms with van der Waals surface area (Å²) in [6, 6.07) is 15.1. The predicted molar refractivity (Wildman–Crippen MR) is 133 cm³/mol. The van der Waals surface area contributed by atoms with Crippen LogP contribution < -0.4 is 10.1 Å². The lowest BCUT2D eigenvalue weighted by atomic mass is 10.0. The molecule has 1 aromatic heterocycles. The first-order chi connectivity index (χ1) is 15.9. The van der Waals surface area contributed by atoms with E-state index in [1.165, 1.54) is 11.3 Å². The van der Waals surface area contributed by atoms with E-state index in [1.54, 1.807) is 7.11 Å². The highest BCUT2D eigenvalue weighted by atomic mass is 35.5. The molecule has 33 heavy (non-hydrogen) atoms. The third-order valence-corrected chi connectivity index (χ3v) is 7.04. The van der Waals surface area contributed by atoms with Crippen LogP contribution in [0.1, 0.15) is 46.5 Å². The van der Waals surface area contributed by atoms with Gasteiger partial charge < -0.3 is 14.8 Å². The summed E-state index contributed by atoms with van der Waals surface area (Å²) in [6.07, 6.45) is 1.50. The summed E-state index contributed by atoms with van der Waals surface area (Å²) in [5, 5.41) is 4.23. The molecule has 1 saturated carbocycles. The Labute approximate surface area is 202 Å². The maximum atomic E-state index is 13.1. The number of amides is 1. The molecule has 1 amide bonds. The van der Waals surface area contributed by atoms with Crippen molar-refractivity contribution in [3.8, 4) is 16.9 Å². The molecule has 0 bridgehead atoms. The van der Waals surface area contributed by atoms with Crippen LogP contribution in [0.3, 0.4) is 0 Å². The first-order valence-electron chi connectivity index (χ1n) is 10.9. The van der Waals surface area contributed by atoms with Crippen LogP contribution in [-0.2, 0) is 9.53 Å². The fourth-order valence-corrected chi connectivity index (χ4v) is 5.16. The van der Waals surface area contributed by atoms with Gasteiger partial charge in [-0.15, -0.1) is 11.3 Å². The summed E-state index contributed by atoms with van der Waals surface area (Å²) in [4.78, 5) is 27.0. The standard InChI is InChI=1S/C26H26ClNO4S/c1-4-13-32-26(30)23-22(17-7-11-19(31-3)12-8-17)15(2)33-25(23)28-24(29)21-14-20(21)16-5-9-18(27)10-6-16/h5-12,20-21H,4,13-14H2,1-3H3,(H,28,29)/t20-,21-/m0/s1. The smallest absolute Gasteiger partial charge is 0.341 e. The number of hydrogen-bond acceptors (Lipinski definition) is 5. The second-order valence-corrected chi connectivity index (χ2v) is 9.75. The lowest BCUT2D eigenvalue weighted by Gasteiger charge is -2.10. The number of aryl methyl sites for hydroxylation is 1. The van der Waals surface area contributed by atoms with Crippen LogP contribution in [0.2, 0.25) is 5.02 Å². The van der Waals surface area contributed by atoms with Crippen LogP contribution in [0.15, 0.2) is 48.5 Å². The fourth-order valence-electron chi connectivity index (χ4n) is 3.97. The number of nitrogens with one attached hydrogen (secondary N) is 1. The number of esters is 1. The number of anilines is 1. The molecule has 1 fully saturated rings. The number of hydrogen-bond donors (Lipinski definition) is 1. The van der Waals surface area contributed by atoms with Gasteiger partial charge in [0.05, 0.1) is 13.7 Å². The minimum absolute atomic E-state index is 0.0815. The Balaban J connectivity index is 1.61. The Kier molecular flexibility index (Phi) is 7.05. The van der Waals surface area contributed by atoms with Crippen LogP contribution in [0.5, 0.6) is 5.75 Å². The molecule has 0 unspecified atom stereocenters. The van der Waals surface area contributed by atoms with E-state index in [9.17, 15) is 9.59 Å². The highest BCUT2D eigenvalue weighted by Gasteiger charge is 2.44. The van der Waals surface area contributed by atoms with E-state index < -0.39 is 5.97 Å². The Morgan fingerprint density at radius 2 is 1.82 bits per heavy atom. The maximum Gasteiger partial charge on any atom is 0.341 e. The average Bonchev–Trinajstić information content (AvgIpc) is 3.55. The Morgan fingerprint density at radius 3 is 2.45 bits per heavy atom. The first kappa shape index (κ1) is 23.3. The molecule has 172 valence electrons. The van der Waals surface area contributed by atoms with Gasteiger partial charge in [0.2, 0.25) is 5.91 Å². The fraction of sp³-hybridized carbons (Fsp3) is 0.308. The van der Waals surface area contributed by atoms with Gasteiger partial charge in [-0.25, -0.2) is 4.79 Å². The van der Waals surface area contributed by atoms with Gasteiger partial charge in [0.25, 0.3) is 0 Å². The summed E-state index contributed by atoms with van der Waals surface area (Å²) in [5.74, 6) is 0.268. The van der Waals surface area contributed by atoms with Crippen LogP contribution in [0.25, 0.3) is 11.1 Å². The first-order valence-corrected chi connectivity index (χ1v) is 12.1. The third-order valence-electron chi connectivity index (χ3n) is 5.77. The number of halogens is 1. The van der Waals surface area contributed by atoms with E-state index in [0.717, 1.165) is 40.2 Å². The van der Waals surface area contributed by atoms with Crippen LogP contribution >= 0.6 is 22.9 Å². The van der Waals surface area contributed by atoms with Gasteiger partial charge >= 0.3 is 5.97 Å². The van der Waals surface area contributed by atoms with Gasteiger partial charge in [-0.05, 0) is 61.1 Å². The topological polar surface area (TPSA) is 64.6 Å². The molecule has 0 radical (unpaired) electrons. The van der Waals surface area contributed by atoms with Gasteiger partial charge in [-0.2, -0.15) is 0 Å². The molecule has 5 nitrogen and oxygen atoms in total. The molecule has 1 heterocycles. The molecular formula is C26H26ClNO4S. The lowest BCUT2D eigenvalue weighted by molar-refractivity contribution is -0.117. The minimum atomic E-state index is -0.424. The quantitative estimate of drug-likeness (QED) is 0.362. The SMILES string of the molecule is CCCOC(=O)c1c(NC(=O)[C@H]2C[C@H]2c2ccc(Cl)cc2)sc(C)c1-c1ccc(OC)cc1. The molecule has 0 saturated heterocycles. The summed E-state index contributed by atoms with van der Waals surface area (Å²) < 4.78 is 10.7. The number of thiophene rings is 1. The van der Waals surface area contributed by atoms with Crippen molar-refractivity contribution in [1.82, 2.24) is 0 Å². The highest BCUT2D eigenvalue weighted by Crippen LogP contribution is 2.49. The van der Waals surface area contributed by atoms with Crippen LogP contribution in [-0.4, -0.2) is 25.6 Å². The normalized spacial score (nSPS) is 16.8. The second kappa shape index (κ2) is 9.98. The van der Waals surface area contributed by atoms with Gasteiger partial charge in [0.15, 0.2) is 0 Å². The molecule has 1 N–H and O–H groups in total. The predicted octanol–water partition coefficient (Wildman–Crippen LogP) is 6.69. The minimum Gasteiger partial charge on any atom is -0.497 e. The molecule has 7 heteroatoms. The van der Waals surface area contributed by atoms with Crippen molar-refractivity contribution in [1.29, 1.82) is 0 Å². The van der Waals surface area contributed by atoms with Crippen molar-refractivity contribution in [3.05, 3.63) is 69.6 Å². The summed E-state index contributed by atoms with van der Waals surface area (Å²) in [7, 11) is 1.61. The molecule has 4 rings (SSSR count). The Morgan fingerprint density at radius 1 is 1.12 bits per heavy atom. The van der Waals surface area contributed by atoms with Crippen molar-refractivity contribution in [2.45, 2.75) is 32.6 Å². The zero-order valence-electron chi connectivity index (χ0n) is 18.8. The zero-order valence-corrected chi connectivity index (χ0v) is 20.4. The van der Waals surface area contributed by atoms with Crippen molar-refractivity contribution >= 4 is 39.8 Å². The van der Waals surface area contributed by atoms with E-state index in [1.807, 2.05) is 62.4 Å². The number of ether oxygens (including phenoxy) is 2. The number of rotatable bonds is 8. The van der Waals surface area contributed by atoms with Gasteiger partial charge in [0, 0.05) is 21.4 Å². The second-order valence-electron chi connectivity index (χ2n) is 8.09. The van der Waals surface area contributed by atoms with E-state index in [-0.39, 0.29) is 17.7 Å². The van der Waals surface area contributed by atoms with E-state index in [0.29, 0.717) is 22.2 Å². The van der Waals surface area contributed by atoms with Crippen molar-refractivity contribution in [2.24, 2.45) is 5.92 Å². The van der Waals surface area contributed by atoms with Gasteiger partial charge in [-0.3, -0.25) is 4.79 Å². The zero-order chi connectivity index (χ0) is 23.5. The van der Waals surface area contributed by atoms with Gasteiger partial charge in [0.1, 0.15) is 16.3 Å². The number of carbonyl (C=O) groups is 2. The third kappa shape index (κ3) is 5.07. The van der Waals surface area contributed by atoms with Crippen LogP contribution in [0.4, 0.5) is 5.00 Å². The van der Waals surface area contributed by atoms with Crippen LogP contribution in [0, 0.1) is 12.8 Å². The average molecular weight is 484 g/mol. The highest BCUT2D eigenvalue weighted by molar-refractivity contribution is 7.17.